The Kier molecular flexibility index (Phi) is 3.01. The molecule has 3 nitrogen and oxygen atoms in total. The van der Waals surface area contributed by atoms with Gasteiger partial charge in [-0.15, -0.1) is 0 Å². The average Bonchev–Trinajstić information content (AvgIpc) is 1.97. The standard InChI is InChI=1S/C8H8ClFO3S/c1-5-2-7(10)6(3-8(5)11)4-14(9,12)13/h2-3,11H,4H2,1H3. The highest BCUT2D eigenvalue weighted by Crippen LogP contribution is 2.23. The second-order valence-electron chi connectivity index (χ2n) is 2.91. The van der Waals surface area contributed by atoms with E-state index in [1.165, 1.54) is 6.92 Å². The van der Waals surface area contributed by atoms with Gasteiger partial charge in [0.05, 0.1) is 5.75 Å². The fraction of sp³-hybridized carbons (Fsp3) is 0.250. The van der Waals surface area contributed by atoms with Crippen molar-refractivity contribution in [2.45, 2.75) is 12.7 Å². The molecule has 0 aliphatic rings. The van der Waals surface area contributed by atoms with Crippen LogP contribution in [0.1, 0.15) is 11.1 Å². The van der Waals surface area contributed by atoms with E-state index in [-0.39, 0.29) is 11.3 Å². The molecule has 6 heteroatoms. The molecule has 14 heavy (non-hydrogen) atoms. The SMILES string of the molecule is Cc1cc(F)c(CS(=O)(=O)Cl)cc1O. The summed E-state index contributed by atoms with van der Waals surface area (Å²) >= 11 is 0. The van der Waals surface area contributed by atoms with Crippen LogP contribution in [-0.4, -0.2) is 13.5 Å². The highest BCUT2D eigenvalue weighted by atomic mass is 35.7. The lowest BCUT2D eigenvalue weighted by Gasteiger charge is -2.04. The molecule has 0 spiro atoms. The molecule has 0 aliphatic carbocycles. The summed E-state index contributed by atoms with van der Waals surface area (Å²) in [6.07, 6.45) is 0. The Balaban J connectivity index is 3.17. The minimum Gasteiger partial charge on any atom is -0.508 e. The maximum atomic E-state index is 13.1. The summed E-state index contributed by atoms with van der Waals surface area (Å²) in [5.41, 5.74) is 0.210. The minimum absolute atomic E-state index is 0.136. The fourth-order valence-corrected chi connectivity index (χ4v) is 1.95. The van der Waals surface area contributed by atoms with Crippen LogP contribution in [0.3, 0.4) is 0 Å². The monoisotopic (exact) mass is 238 g/mol. The quantitative estimate of drug-likeness (QED) is 0.801. The van der Waals surface area contributed by atoms with Gasteiger partial charge in [-0.05, 0) is 24.6 Å². The molecule has 0 aromatic heterocycles. The van der Waals surface area contributed by atoms with Crippen molar-refractivity contribution in [1.29, 1.82) is 0 Å². The third kappa shape index (κ3) is 2.85. The number of aromatic hydroxyl groups is 1. The summed E-state index contributed by atoms with van der Waals surface area (Å²) in [5, 5.41) is 9.22. The lowest BCUT2D eigenvalue weighted by molar-refractivity contribution is 0.467. The molecule has 1 aromatic rings. The number of halogens is 2. The van der Waals surface area contributed by atoms with Gasteiger partial charge in [-0.2, -0.15) is 0 Å². The van der Waals surface area contributed by atoms with Gasteiger partial charge in [0.1, 0.15) is 11.6 Å². The first-order valence-electron chi connectivity index (χ1n) is 3.70. The van der Waals surface area contributed by atoms with Crippen LogP contribution in [0.2, 0.25) is 0 Å². The van der Waals surface area contributed by atoms with Crippen LogP contribution in [0.15, 0.2) is 12.1 Å². The molecule has 0 bridgehead atoms. The van der Waals surface area contributed by atoms with Gasteiger partial charge in [-0.25, -0.2) is 12.8 Å². The summed E-state index contributed by atoms with van der Waals surface area (Å²) in [6, 6.07) is 2.12. The smallest absolute Gasteiger partial charge is 0.236 e. The Hall–Kier alpha value is -0.810. The topological polar surface area (TPSA) is 54.4 Å². The van der Waals surface area contributed by atoms with Crippen molar-refractivity contribution in [1.82, 2.24) is 0 Å². The summed E-state index contributed by atoms with van der Waals surface area (Å²) < 4.78 is 34.5. The lowest BCUT2D eigenvalue weighted by atomic mass is 10.1. The van der Waals surface area contributed by atoms with E-state index in [9.17, 15) is 17.9 Å². The lowest BCUT2D eigenvalue weighted by Crippen LogP contribution is -1.98. The van der Waals surface area contributed by atoms with Crippen LogP contribution in [0.25, 0.3) is 0 Å². The van der Waals surface area contributed by atoms with Gasteiger partial charge in [-0.3, -0.25) is 0 Å². The molecule has 0 radical (unpaired) electrons. The zero-order valence-electron chi connectivity index (χ0n) is 7.29. The molecule has 1 rings (SSSR count). The normalized spacial score (nSPS) is 11.6. The van der Waals surface area contributed by atoms with E-state index in [4.69, 9.17) is 10.7 Å². The van der Waals surface area contributed by atoms with Gasteiger partial charge in [0, 0.05) is 16.2 Å². The number of hydrogen-bond acceptors (Lipinski definition) is 3. The zero-order valence-corrected chi connectivity index (χ0v) is 8.86. The van der Waals surface area contributed by atoms with Crippen LogP contribution in [0.5, 0.6) is 5.75 Å². The Morgan fingerprint density at radius 1 is 1.50 bits per heavy atom. The third-order valence-electron chi connectivity index (χ3n) is 1.69. The van der Waals surface area contributed by atoms with Gasteiger partial charge < -0.3 is 5.11 Å². The van der Waals surface area contributed by atoms with E-state index in [0.717, 1.165) is 12.1 Å². The highest BCUT2D eigenvalue weighted by Gasteiger charge is 2.13. The third-order valence-corrected chi connectivity index (χ3v) is 2.68. The summed E-state index contributed by atoms with van der Waals surface area (Å²) in [6.45, 7) is 1.51. The molecule has 0 saturated heterocycles. The number of benzene rings is 1. The molecule has 1 N–H and O–H groups in total. The van der Waals surface area contributed by atoms with E-state index in [1.54, 1.807) is 0 Å². The zero-order chi connectivity index (χ0) is 10.9. The van der Waals surface area contributed by atoms with Gasteiger partial charge in [-0.1, -0.05) is 0 Å². The fourth-order valence-electron chi connectivity index (χ4n) is 1.00. The van der Waals surface area contributed by atoms with Gasteiger partial charge >= 0.3 is 0 Å². The van der Waals surface area contributed by atoms with Gasteiger partial charge in [0.2, 0.25) is 9.05 Å². The first kappa shape index (κ1) is 11.3. The molecular weight excluding hydrogens is 231 g/mol. The Morgan fingerprint density at radius 3 is 2.57 bits per heavy atom. The van der Waals surface area contributed by atoms with Crippen LogP contribution < -0.4 is 0 Å². The second-order valence-corrected chi connectivity index (χ2v) is 5.69. The Labute approximate surface area is 85.6 Å². The number of rotatable bonds is 2. The number of aryl methyl sites for hydroxylation is 1. The summed E-state index contributed by atoms with van der Waals surface area (Å²) in [7, 11) is 1.15. The molecule has 0 unspecified atom stereocenters. The van der Waals surface area contributed by atoms with Crippen molar-refractivity contribution in [3.05, 3.63) is 29.1 Å². The maximum absolute atomic E-state index is 13.1. The Bertz CT molecular complexity index is 456. The minimum atomic E-state index is -3.81. The van der Waals surface area contributed by atoms with E-state index in [1.807, 2.05) is 0 Å². The van der Waals surface area contributed by atoms with Crippen molar-refractivity contribution in [2.75, 3.05) is 0 Å². The van der Waals surface area contributed by atoms with Crippen molar-refractivity contribution in [3.63, 3.8) is 0 Å². The van der Waals surface area contributed by atoms with E-state index in [2.05, 4.69) is 0 Å². The molecule has 0 fully saturated rings. The van der Waals surface area contributed by atoms with Crippen molar-refractivity contribution < 1.29 is 17.9 Å². The first-order chi connectivity index (χ1) is 6.29. The number of phenolic OH excluding ortho intramolecular Hbond substituents is 1. The van der Waals surface area contributed by atoms with Gasteiger partial charge in [0.15, 0.2) is 0 Å². The second kappa shape index (κ2) is 3.74. The van der Waals surface area contributed by atoms with Crippen molar-refractivity contribution in [3.8, 4) is 5.75 Å². The highest BCUT2D eigenvalue weighted by molar-refractivity contribution is 8.13. The maximum Gasteiger partial charge on any atom is 0.236 e. The Morgan fingerprint density at radius 2 is 2.07 bits per heavy atom. The van der Waals surface area contributed by atoms with Crippen LogP contribution in [0.4, 0.5) is 4.39 Å². The van der Waals surface area contributed by atoms with Crippen LogP contribution in [-0.2, 0) is 14.8 Å². The molecule has 78 valence electrons. The predicted octanol–water partition coefficient (Wildman–Crippen LogP) is 1.91. The molecule has 0 saturated carbocycles. The van der Waals surface area contributed by atoms with Crippen LogP contribution >= 0.6 is 10.7 Å². The largest absolute Gasteiger partial charge is 0.508 e. The summed E-state index contributed by atoms with van der Waals surface area (Å²) in [4.78, 5) is 0. The molecule has 0 heterocycles. The predicted molar refractivity (Wildman–Crippen MR) is 51.3 cm³/mol. The van der Waals surface area contributed by atoms with E-state index in [0.29, 0.717) is 5.56 Å². The van der Waals surface area contributed by atoms with Crippen molar-refractivity contribution in [2.24, 2.45) is 0 Å². The molecule has 0 aliphatic heterocycles. The number of hydrogen-bond donors (Lipinski definition) is 1. The molecule has 1 aromatic carbocycles. The van der Waals surface area contributed by atoms with Crippen LogP contribution in [0, 0.1) is 12.7 Å². The molecular formula is C8H8ClFO3S. The summed E-state index contributed by atoms with van der Waals surface area (Å²) in [5.74, 6) is -1.47. The number of phenols is 1. The average molecular weight is 239 g/mol. The van der Waals surface area contributed by atoms with E-state index < -0.39 is 20.6 Å². The first-order valence-corrected chi connectivity index (χ1v) is 6.18. The molecule has 0 amide bonds. The van der Waals surface area contributed by atoms with Gasteiger partial charge in [0.25, 0.3) is 0 Å². The van der Waals surface area contributed by atoms with E-state index >= 15 is 0 Å². The molecule has 0 atom stereocenters. The van der Waals surface area contributed by atoms with Crippen molar-refractivity contribution >= 4 is 19.7 Å².